The first-order chi connectivity index (χ1) is 16.3. The molecule has 184 valence electrons. The van der Waals surface area contributed by atoms with Gasteiger partial charge in [-0.3, -0.25) is 9.88 Å². The number of sulfonamides is 1. The average Bonchev–Trinajstić information content (AvgIpc) is 2.83. The molecule has 11 heteroatoms. The van der Waals surface area contributed by atoms with Crippen LogP contribution in [0, 0.1) is 0 Å². The lowest BCUT2D eigenvalue weighted by molar-refractivity contribution is 0.113. The van der Waals surface area contributed by atoms with E-state index in [1.165, 1.54) is 16.4 Å². The van der Waals surface area contributed by atoms with Gasteiger partial charge in [0, 0.05) is 67.6 Å². The zero-order valence-electron chi connectivity index (χ0n) is 18.7. The van der Waals surface area contributed by atoms with Crippen LogP contribution >= 0.6 is 23.2 Å². The molecule has 0 radical (unpaired) electrons. The Morgan fingerprint density at radius 1 is 1.00 bits per heavy atom. The first-order valence-corrected chi connectivity index (χ1v) is 13.7. The van der Waals surface area contributed by atoms with E-state index in [1.807, 2.05) is 6.07 Å². The van der Waals surface area contributed by atoms with Crippen molar-refractivity contribution in [2.45, 2.75) is 47.5 Å². The van der Waals surface area contributed by atoms with E-state index in [4.69, 9.17) is 23.2 Å². The highest BCUT2D eigenvalue weighted by Gasteiger charge is 2.35. The molecule has 1 aromatic carbocycles. The second kappa shape index (κ2) is 11.2. The second-order valence-corrected chi connectivity index (χ2v) is 11.9. The third-order valence-electron chi connectivity index (χ3n) is 6.28. The third kappa shape index (κ3) is 6.40. The van der Waals surface area contributed by atoms with Crippen LogP contribution in [0.4, 0.5) is 10.5 Å². The lowest BCUT2D eigenvalue weighted by atomic mass is 9.93. The number of rotatable bonds is 6. The van der Waals surface area contributed by atoms with Crippen LogP contribution in [0.3, 0.4) is 0 Å². The lowest BCUT2D eigenvalue weighted by Gasteiger charge is -2.42. The number of benzene rings is 1. The van der Waals surface area contributed by atoms with E-state index in [2.05, 4.69) is 20.5 Å². The van der Waals surface area contributed by atoms with Crippen LogP contribution in [0.2, 0.25) is 0 Å². The first kappa shape index (κ1) is 25.2. The minimum Gasteiger partial charge on any atom is -0.334 e. The zero-order chi connectivity index (χ0) is 24.1. The molecule has 34 heavy (non-hydrogen) atoms. The van der Waals surface area contributed by atoms with Crippen LogP contribution in [0.1, 0.15) is 24.8 Å². The summed E-state index contributed by atoms with van der Waals surface area (Å²) in [7, 11) is -3.61. The topological polar surface area (TPSA) is 94.6 Å². The van der Waals surface area contributed by atoms with Gasteiger partial charge < -0.3 is 10.6 Å². The van der Waals surface area contributed by atoms with Crippen molar-refractivity contribution < 1.29 is 13.2 Å². The number of pyridine rings is 1. The molecular weight excluding hydrogens is 497 g/mol. The van der Waals surface area contributed by atoms with Gasteiger partial charge in [0.25, 0.3) is 0 Å². The van der Waals surface area contributed by atoms with Gasteiger partial charge in [0.1, 0.15) is 0 Å². The number of urea groups is 1. The van der Waals surface area contributed by atoms with Crippen molar-refractivity contribution >= 4 is 44.9 Å². The van der Waals surface area contributed by atoms with Gasteiger partial charge in [-0.1, -0.05) is 6.07 Å². The maximum absolute atomic E-state index is 13.1. The molecule has 2 heterocycles. The summed E-state index contributed by atoms with van der Waals surface area (Å²) in [4.78, 5) is 18.7. The Morgan fingerprint density at radius 3 is 2.29 bits per heavy atom. The number of halogens is 2. The van der Waals surface area contributed by atoms with Crippen molar-refractivity contribution in [3.05, 3.63) is 54.4 Å². The van der Waals surface area contributed by atoms with Gasteiger partial charge in [-0.2, -0.15) is 4.31 Å². The summed E-state index contributed by atoms with van der Waals surface area (Å²) in [6.07, 6.45) is 5.95. The first-order valence-electron chi connectivity index (χ1n) is 11.4. The fourth-order valence-corrected chi connectivity index (χ4v) is 6.84. The number of nitrogens with one attached hydrogen (secondary N) is 2. The number of piperazine rings is 1. The van der Waals surface area contributed by atoms with Gasteiger partial charge in [-0.05, 0) is 55.2 Å². The van der Waals surface area contributed by atoms with Crippen molar-refractivity contribution in [2.24, 2.45) is 0 Å². The molecule has 2 atom stereocenters. The van der Waals surface area contributed by atoms with E-state index in [0.29, 0.717) is 44.5 Å². The molecule has 1 saturated carbocycles. The number of nitrogens with zero attached hydrogens (tertiary/aromatic N) is 3. The maximum Gasteiger partial charge on any atom is 0.319 e. The van der Waals surface area contributed by atoms with E-state index in [0.717, 1.165) is 24.8 Å². The van der Waals surface area contributed by atoms with Gasteiger partial charge in [0.05, 0.1) is 4.90 Å². The largest absolute Gasteiger partial charge is 0.334 e. The summed E-state index contributed by atoms with van der Waals surface area (Å²) >= 11 is 12.7. The molecule has 0 spiro atoms. The van der Waals surface area contributed by atoms with Gasteiger partial charge in [-0.15, -0.1) is 23.2 Å². The van der Waals surface area contributed by atoms with Crippen LogP contribution in [-0.2, 0) is 16.6 Å². The summed E-state index contributed by atoms with van der Waals surface area (Å²) in [5.41, 5.74) is 1.39. The predicted molar refractivity (Wildman–Crippen MR) is 134 cm³/mol. The molecule has 2 amide bonds. The second-order valence-electron chi connectivity index (χ2n) is 8.69. The number of alkyl halides is 2. The molecule has 2 N–H and O–H groups in total. The predicted octanol–water partition coefficient (Wildman–Crippen LogP) is 3.48. The molecule has 1 saturated heterocycles. The van der Waals surface area contributed by atoms with E-state index >= 15 is 0 Å². The molecule has 1 aliphatic heterocycles. The van der Waals surface area contributed by atoms with Crippen LogP contribution in [0.5, 0.6) is 0 Å². The molecule has 4 rings (SSSR count). The van der Waals surface area contributed by atoms with E-state index in [1.54, 1.807) is 30.6 Å². The average molecular weight is 526 g/mol. The van der Waals surface area contributed by atoms with Crippen molar-refractivity contribution in [3.63, 3.8) is 0 Å². The van der Waals surface area contributed by atoms with Gasteiger partial charge >= 0.3 is 6.03 Å². The normalized spacial score (nSPS) is 24.5. The number of hydrogen-bond donors (Lipinski definition) is 2. The third-order valence-corrected chi connectivity index (χ3v) is 8.91. The highest BCUT2D eigenvalue weighted by atomic mass is 35.5. The number of carbonyl (C=O) groups excluding carboxylic acids is 1. The molecule has 1 aliphatic carbocycles. The Morgan fingerprint density at radius 2 is 1.68 bits per heavy atom. The van der Waals surface area contributed by atoms with Crippen molar-refractivity contribution in [3.8, 4) is 0 Å². The minimum absolute atomic E-state index is 0.0764. The quantitative estimate of drug-likeness (QED) is 0.563. The lowest BCUT2D eigenvalue weighted by Crippen LogP contribution is -2.53. The SMILES string of the molecule is O=C(NCc1cccnc1)Nc1ccc(S(=O)(=O)N2CCN(C3CC(Cl)CC(Cl)C3)CC2)cc1. The van der Waals surface area contributed by atoms with Crippen molar-refractivity contribution in [1.82, 2.24) is 19.5 Å². The summed E-state index contributed by atoms with van der Waals surface area (Å²) in [5.74, 6) is 0. The summed E-state index contributed by atoms with van der Waals surface area (Å²) in [6.45, 7) is 2.52. The van der Waals surface area contributed by atoms with E-state index in [-0.39, 0.29) is 21.7 Å². The Balaban J connectivity index is 1.29. The number of anilines is 1. The van der Waals surface area contributed by atoms with Crippen molar-refractivity contribution in [2.75, 3.05) is 31.5 Å². The van der Waals surface area contributed by atoms with Gasteiger partial charge in [0.15, 0.2) is 0 Å². The Hall–Kier alpha value is -1.91. The van der Waals surface area contributed by atoms with Crippen LogP contribution < -0.4 is 10.6 Å². The fourth-order valence-electron chi connectivity index (χ4n) is 4.48. The highest BCUT2D eigenvalue weighted by molar-refractivity contribution is 7.89. The molecule has 2 unspecified atom stereocenters. The molecule has 8 nitrogen and oxygen atoms in total. The molecule has 2 fully saturated rings. The number of hydrogen-bond acceptors (Lipinski definition) is 5. The molecule has 1 aromatic heterocycles. The van der Waals surface area contributed by atoms with Gasteiger partial charge in [-0.25, -0.2) is 13.2 Å². The zero-order valence-corrected chi connectivity index (χ0v) is 21.1. The Bertz CT molecular complexity index is 1050. The Kier molecular flexibility index (Phi) is 8.31. The number of aromatic nitrogens is 1. The summed E-state index contributed by atoms with van der Waals surface area (Å²) in [6, 6.07) is 9.83. The molecule has 2 aromatic rings. The summed E-state index contributed by atoms with van der Waals surface area (Å²) in [5, 5.41) is 5.61. The molecule has 0 bridgehead atoms. The Labute approximate surface area is 210 Å². The number of amides is 2. The smallest absolute Gasteiger partial charge is 0.319 e. The van der Waals surface area contributed by atoms with Crippen LogP contribution in [-0.4, -0.2) is 71.6 Å². The standard InChI is InChI=1S/C23H29Cl2N5O3S/c24-18-12-19(25)14-21(13-18)29-8-10-30(11-9-29)34(32,33)22-5-3-20(4-6-22)28-23(31)27-16-17-2-1-7-26-15-17/h1-7,15,18-19,21H,8-14,16H2,(H2,27,28,31). The minimum atomic E-state index is -3.61. The molecular formula is C23H29Cl2N5O3S. The highest BCUT2D eigenvalue weighted by Crippen LogP contribution is 2.31. The number of carbonyl (C=O) groups is 1. The maximum atomic E-state index is 13.1. The van der Waals surface area contributed by atoms with Crippen LogP contribution in [0.15, 0.2) is 53.7 Å². The van der Waals surface area contributed by atoms with E-state index in [9.17, 15) is 13.2 Å². The monoisotopic (exact) mass is 525 g/mol. The van der Waals surface area contributed by atoms with E-state index < -0.39 is 10.0 Å². The molecule has 2 aliphatic rings. The fraction of sp³-hybridized carbons (Fsp3) is 0.478. The van der Waals surface area contributed by atoms with Crippen molar-refractivity contribution in [1.29, 1.82) is 0 Å². The van der Waals surface area contributed by atoms with Crippen LogP contribution in [0.25, 0.3) is 0 Å². The summed E-state index contributed by atoms with van der Waals surface area (Å²) < 4.78 is 27.8. The van der Waals surface area contributed by atoms with Gasteiger partial charge in [0.2, 0.25) is 10.0 Å².